The summed E-state index contributed by atoms with van der Waals surface area (Å²) in [4.78, 5) is 9.77. The largest absolute Gasteiger partial charge is 0.472 e. The van der Waals surface area contributed by atoms with Crippen LogP contribution in [-0.2, 0) is 13.6 Å². The lowest BCUT2D eigenvalue weighted by molar-refractivity contribution is 0.110. The second-order valence-corrected chi connectivity index (χ2v) is 7.35. The summed E-state index contributed by atoms with van der Waals surface area (Å²) in [6, 6.07) is 0. The van der Waals surface area contributed by atoms with Crippen molar-refractivity contribution in [3.05, 3.63) is 0 Å². The van der Waals surface area contributed by atoms with E-state index in [4.69, 9.17) is 9.05 Å². The lowest BCUT2D eigenvalue weighted by Crippen LogP contribution is -2.12. The number of hydrogen-bond donors (Lipinski definition) is 1. The number of rotatable bonds is 14. The van der Waals surface area contributed by atoms with E-state index in [1.807, 2.05) is 0 Å². The molecular formula is C16H35O4P. The first-order valence-electron chi connectivity index (χ1n) is 8.60. The Morgan fingerprint density at radius 2 is 1.24 bits per heavy atom. The zero-order valence-corrected chi connectivity index (χ0v) is 15.2. The van der Waals surface area contributed by atoms with Gasteiger partial charge in [-0.3, -0.25) is 9.05 Å². The molecule has 0 aromatic carbocycles. The van der Waals surface area contributed by atoms with Crippen molar-refractivity contribution in [3.63, 3.8) is 0 Å². The molecule has 0 radical (unpaired) electrons. The van der Waals surface area contributed by atoms with E-state index in [-0.39, 0.29) is 0 Å². The highest BCUT2D eigenvalue weighted by atomic mass is 31.2. The minimum atomic E-state index is -3.89. The van der Waals surface area contributed by atoms with Crippen LogP contribution in [0.5, 0.6) is 0 Å². The molecule has 0 aliphatic carbocycles. The van der Waals surface area contributed by atoms with Crippen LogP contribution in [0.1, 0.15) is 79.1 Å². The fourth-order valence-electron chi connectivity index (χ4n) is 2.23. The van der Waals surface area contributed by atoms with Crippen LogP contribution in [0.4, 0.5) is 0 Å². The van der Waals surface area contributed by atoms with Crippen LogP contribution in [0.25, 0.3) is 0 Å². The summed E-state index contributed by atoms with van der Waals surface area (Å²) in [5.74, 6) is 0.687. The van der Waals surface area contributed by atoms with E-state index < -0.39 is 7.82 Å². The fourth-order valence-corrected chi connectivity index (χ4v) is 3.11. The van der Waals surface area contributed by atoms with Gasteiger partial charge in [-0.25, -0.2) is 4.57 Å². The molecule has 0 saturated carbocycles. The average molecular weight is 322 g/mol. The molecule has 0 saturated heterocycles. The molecule has 0 amide bonds. The van der Waals surface area contributed by atoms with Crippen molar-refractivity contribution < 1.29 is 18.5 Å². The smallest absolute Gasteiger partial charge is 0.302 e. The van der Waals surface area contributed by atoms with Gasteiger partial charge in [0.15, 0.2) is 0 Å². The van der Waals surface area contributed by atoms with Gasteiger partial charge in [-0.05, 0) is 24.7 Å². The van der Waals surface area contributed by atoms with E-state index in [2.05, 4.69) is 27.7 Å². The maximum atomic E-state index is 11.9. The first-order chi connectivity index (χ1) is 9.99. The molecule has 4 nitrogen and oxygen atoms in total. The van der Waals surface area contributed by atoms with Gasteiger partial charge in [0.2, 0.25) is 0 Å². The molecule has 128 valence electrons. The molecule has 1 N–H and O–H groups in total. The van der Waals surface area contributed by atoms with Gasteiger partial charge in [0.1, 0.15) is 0 Å². The Morgan fingerprint density at radius 1 is 0.857 bits per heavy atom. The quantitative estimate of drug-likeness (QED) is 0.426. The number of unbranched alkanes of at least 4 members (excludes halogenated alkanes) is 2. The van der Waals surface area contributed by atoms with Gasteiger partial charge in [0, 0.05) is 0 Å². The Bertz CT molecular complexity index is 259. The predicted molar refractivity (Wildman–Crippen MR) is 88.3 cm³/mol. The highest BCUT2D eigenvalue weighted by Crippen LogP contribution is 2.44. The maximum absolute atomic E-state index is 11.9. The maximum Gasteiger partial charge on any atom is 0.472 e. The van der Waals surface area contributed by atoms with Crippen LogP contribution in [-0.4, -0.2) is 18.1 Å². The van der Waals surface area contributed by atoms with E-state index in [9.17, 15) is 9.46 Å². The zero-order valence-electron chi connectivity index (χ0n) is 14.3. The topological polar surface area (TPSA) is 55.8 Å². The summed E-state index contributed by atoms with van der Waals surface area (Å²) in [6.07, 6.45) is 8.56. The van der Waals surface area contributed by atoms with Crippen LogP contribution in [0.15, 0.2) is 0 Å². The van der Waals surface area contributed by atoms with Crippen molar-refractivity contribution in [3.8, 4) is 0 Å². The molecule has 0 rings (SSSR count). The molecule has 0 fully saturated rings. The average Bonchev–Trinajstić information content (AvgIpc) is 2.47. The normalized spacial score (nSPS) is 15.1. The third kappa shape index (κ3) is 11.3. The van der Waals surface area contributed by atoms with Crippen LogP contribution in [0.2, 0.25) is 0 Å². The summed E-state index contributed by atoms with van der Waals surface area (Å²) >= 11 is 0. The Morgan fingerprint density at radius 3 is 1.52 bits per heavy atom. The first-order valence-corrected chi connectivity index (χ1v) is 10.1. The summed E-state index contributed by atoms with van der Waals surface area (Å²) in [5.41, 5.74) is 0. The van der Waals surface area contributed by atoms with Gasteiger partial charge in [0.05, 0.1) is 13.2 Å². The lowest BCUT2D eigenvalue weighted by Gasteiger charge is -2.20. The summed E-state index contributed by atoms with van der Waals surface area (Å²) in [7, 11) is -3.89. The van der Waals surface area contributed by atoms with E-state index in [1.165, 1.54) is 0 Å². The highest BCUT2D eigenvalue weighted by Gasteiger charge is 2.24. The number of phosphoric ester groups is 1. The van der Waals surface area contributed by atoms with Gasteiger partial charge < -0.3 is 4.89 Å². The molecule has 0 bridgehead atoms. The van der Waals surface area contributed by atoms with E-state index in [0.717, 1.165) is 51.4 Å². The summed E-state index contributed by atoms with van der Waals surface area (Å²) < 4.78 is 22.2. The van der Waals surface area contributed by atoms with Gasteiger partial charge in [-0.2, -0.15) is 0 Å². The van der Waals surface area contributed by atoms with Crippen LogP contribution >= 0.6 is 7.82 Å². The monoisotopic (exact) mass is 322 g/mol. The van der Waals surface area contributed by atoms with Crippen molar-refractivity contribution in [1.82, 2.24) is 0 Å². The minimum absolute atomic E-state index is 0.316. The predicted octanol–water partition coefficient (Wildman–Crippen LogP) is 5.55. The Labute approximate surface area is 131 Å². The Kier molecular flexibility index (Phi) is 12.7. The van der Waals surface area contributed by atoms with Crippen LogP contribution < -0.4 is 0 Å². The molecule has 0 unspecified atom stereocenters. The number of phosphoric acid groups is 1. The van der Waals surface area contributed by atoms with Crippen molar-refractivity contribution in [2.24, 2.45) is 11.8 Å². The zero-order chi connectivity index (χ0) is 16.1. The summed E-state index contributed by atoms with van der Waals surface area (Å²) in [6.45, 7) is 9.10. The molecule has 0 aliphatic rings. The van der Waals surface area contributed by atoms with E-state index in [0.29, 0.717) is 25.0 Å². The fraction of sp³-hybridized carbons (Fsp3) is 1.00. The van der Waals surface area contributed by atoms with Gasteiger partial charge in [0.25, 0.3) is 0 Å². The molecule has 0 aromatic rings. The summed E-state index contributed by atoms with van der Waals surface area (Å²) in [5, 5.41) is 0. The van der Waals surface area contributed by atoms with Crippen molar-refractivity contribution in [2.75, 3.05) is 13.2 Å². The molecule has 21 heavy (non-hydrogen) atoms. The second-order valence-electron chi connectivity index (χ2n) is 5.89. The molecular weight excluding hydrogens is 287 g/mol. The van der Waals surface area contributed by atoms with Crippen LogP contribution in [0.3, 0.4) is 0 Å². The van der Waals surface area contributed by atoms with Gasteiger partial charge in [-0.15, -0.1) is 0 Å². The molecule has 0 aromatic heterocycles. The molecule has 0 heterocycles. The molecule has 2 atom stereocenters. The third-order valence-corrected chi connectivity index (χ3v) is 4.98. The number of hydrogen-bond acceptors (Lipinski definition) is 3. The molecule has 5 heteroatoms. The van der Waals surface area contributed by atoms with Gasteiger partial charge >= 0.3 is 7.82 Å². The SMILES string of the molecule is CCCC[C@@H](CC)COP(=O)(O)OC[C@H](CC)CCCC. The molecule has 0 spiro atoms. The molecule has 0 aliphatic heterocycles. The first kappa shape index (κ1) is 21.1. The van der Waals surface area contributed by atoms with E-state index >= 15 is 0 Å². The minimum Gasteiger partial charge on any atom is -0.302 e. The highest BCUT2D eigenvalue weighted by molar-refractivity contribution is 7.47. The third-order valence-electron chi connectivity index (χ3n) is 4.03. The Hall–Kier alpha value is 0.110. The van der Waals surface area contributed by atoms with E-state index in [1.54, 1.807) is 0 Å². The Balaban J connectivity index is 4.08. The van der Waals surface area contributed by atoms with Gasteiger partial charge in [-0.1, -0.05) is 66.2 Å². The van der Waals surface area contributed by atoms with Crippen molar-refractivity contribution >= 4 is 7.82 Å². The standard InChI is InChI=1S/C16H35O4P/c1-5-9-11-15(7-3)13-19-21(17,18)20-14-16(8-4)12-10-6-2/h15-16H,5-14H2,1-4H3,(H,17,18)/t15-,16-/m1/s1. The van der Waals surface area contributed by atoms with Crippen molar-refractivity contribution in [1.29, 1.82) is 0 Å². The lowest BCUT2D eigenvalue weighted by atomic mass is 10.0. The van der Waals surface area contributed by atoms with Crippen molar-refractivity contribution in [2.45, 2.75) is 79.1 Å². The van der Waals surface area contributed by atoms with Crippen LogP contribution in [0, 0.1) is 11.8 Å². The second kappa shape index (κ2) is 12.6.